The first kappa shape index (κ1) is 17.6. The van der Waals surface area contributed by atoms with Crippen molar-refractivity contribution in [2.45, 2.75) is 20.8 Å². The molecule has 2 rings (SSSR count). The predicted molar refractivity (Wildman–Crippen MR) is 94.5 cm³/mol. The number of rotatable bonds is 6. The van der Waals surface area contributed by atoms with E-state index in [-0.39, 0.29) is 12.5 Å². The highest BCUT2D eigenvalue weighted by Gasteiger charge is 2.14. The zero-order chi connectivity index (χ0) is 17.7. The number of allylic oxidation sites excluding steroid dienone is 1. The van der Waals surface area contributed by atoms with Crippen LogP contribution >= 0.6 is 0 Å². The molecule has 24 heavy (non-hydrogen) atoms. The maximum absolute atomic E-state index is 12.1. The van der Waals surface area contributed by atoms with Gasteiger partial charge in [0.2, 0.25) is 0 Å². The number of ether oxygens (including phenoxy) is 2. The van der Waals surface area contributed by atoms with Gasteiger partial charge in [0.15, 0.2) is 18.1 Å². The van der Waals surface area contributed by atoms with Gasteiger partial charge in [-0.25, -0.2) is 0 Å². The molecule has 0 saturated heterocycles. The molecule has 0 atom stereocenters. The number of carbonyl (C=O) groups is 1. The van der Waals surface area contributed by atoms with E-state index in [9.17, 15) is 4.79 Å². The molecule has 0 fully saturated rings. The Morgan fingerprint density at radius 2 is 2.08 bits per heavy atom. The van der Waals surface area contributed by atoms with E-state index in [2.05, 4.69) is 10.4 Å². The number of aryl methyl sites for hydroxylation is 2. The Labute approximate surface area is 142 Å². The van der Waals surface area contributed by atoms with Crippen molar-refractivity contribution >= 4 is 17.7 Å². The van der Waals surface area contributed by atoms with Crippen molar-refractivity contribution in [3.8, 4) is 11.5 Å². The smallest absolute Gasteiger partial charge is 0.262 e. The summed E-state index contributed by atoms with van der Waals surface area (Å²) in [6.07, 6.45) is 3.91. The van der Waals surface area contributed by atoms with Gasteiger partial charge in [0.05, 0.1) is 24.2 Å². The summed E-state index contributed by atoms with van der Waals surface area (Å²) in [5, 5.41) is 7.11. The van der Waals surface area contributed by atoms with Gasteiger partial charge in [-0.15, -0.1) is 0 Å². The Morgan fingerprint density at radius 1 is 1.33 bits per heavy atom. The van der Waals surface area contributed by atoms with E-state index in [1.807, 2.05) is 52.1 Å². The van der Waals surface area contributed by atoms with E-state index < -0.39 is 0 Å². The molecule has 6 heteroatoms. The van der Waals surface area contributed by atoms with E-state index in [0.717, 1.165) is 22.6 Å². The van der Waals surface area contributed by atoms with Crippen molar-refractivity contribution in [2.75, 3.05) is 19.0 Å². The Hall–Kier alpha value is -2.76. The zero-order valence-corrected chi connectivity index (χ0v) is 14.7. The number of amides is 1. The van der Waals surface area contributed by atoms with Crippen LogP contribution in [0.5, 0.6) is 11.5 Å². The Balaban J connectivity index is 2.03. The van der Waals surface area contributed by atoms with Crippen LogP contribution in [0, 0.1) is 13.8 Å². The fourth-order valence-electron chi connectivity index (χ4n) is 2.37. The number of nitrogens with one attached hydrogen (secondary N) is 1. The first-order valence-electron chi connectivity index (χ1n) is 7.69. The zero-order valence-electron chi connectivity index (χ0n) is 14.7. The van der Waals surface area contributed by atoms with Crippen molar-refractivity contribution in [3.63, 3.8) is 0 Å². The van der Waals surface area contributed by atoms with Gasteiger partial charge in [-0.3, -0.25) is 9.48 Å². The van der Waals surface area contributed by atoms with Gasteiger partial charge in [0.25, 0.3) is 5.91 Å². The third-order valence-corrected chi connectivity index (χ3v) is 3.68. The largest absolute Gasteiger partial charge is 0.493 e. The molecule has 6 nitrogen and oxygen atoms in total. The van der Waals surface area contributed by atoms with Gasteiger partial charge in [0, 0.05) is 7.05 Å². The normalized spacial score (nSPS) is 10.9. The molecule has 1 aromatic heterocycles. The summed E-state index contributed by atoms with van der Waals surface area (Å²) in [6, 6.07) is 5.57. The van der Waals surface area contributed by atoms with Gasteiger partial charge in [-0.1, -0.05) is 18.2 Å². The summed E-state index contributed by atoms with van der Waals surface area (Å²) in [7, 11) is 3.41. The summed E-state index contributed by atoms with van der Waals surface area (Å²) >= 11 is 0. The van der Waals surface area contributed by atoms with E-state index in [1.54, 1.807) is 17.9 Å². The SMILES string of the molecule is CC=Cc1ccc(OCC(=O)Nc2c(C)nn(C)c2C)c(OC)c1. The summed E-state index contributed by atoms with van der Waals surface area (Å²) in [4.78, 5) is 12.1. The van der Waals surface area contributed by atoms with Gasteiger partial charge in [-0.05, 0) is 38.5 Å². The molecule has 0 saturated carbocycles. The molecule has 2 aromatic rings. The Bertz CT molecular complexity index is 763. The molecule has 0 aliphatic carbocycles. The second kappa shape index (κ2) is 7.68. The molecule has 0 bridgehead atoms. The Morgan fingerprint density at radius 3 is 2.67 bits per heavy atom. The molecule has 128 valence electrons. The van der Waals surface area contributed by atoms with Gasteiger partial charge in [-0.2, -0.15) is 5.10 Å². The second-order valence-electron chi connectivity index (χ2n) is 5.42. The Kier molecular flexibility index (Phi) is 5.63. The van der Waals surface area contributed by atoms with Gasteiger partial charge in [0.1, 0.15) is 0 Å². The lowest BCUT2D eigenvalue weighted by Gasteiger charge is -2.11. The van der Waals surface area contributed by atoms with E-state index in [0.29, 0.717) is 11.5 Å². The van der Waals surface area contributed by atoms with E-state index in [1.165, 1.54) is 0 Å². The van der Waals surface area contributed by atoms with E-state index in [4.69, 9.17) is 9.47 Å². The van der Waals surface area contributed by atoms with Crippen LogP contribution in [0.25, 0.3) is 6.08 Å². The first-order chi connectivity index (χ1) is 11.5. The lowest BCUT2D eigenvalue weighted by molar-refractivity contribution is -0.118. The maximum atomic E-state index is 12.1. The number of aromatic nitrogens is 2. The minimum Gasteiger partial charge on any atom is -0.493 e. The quantitative estimate of drug-likeness (QED) is 0.884. The van der Waals surface area contributed by atoms with Crippen LogP contribution in [0.3, 0.4) is 0 Å². The fraction of sp³-hybridized carbons (Fsp3) is 0.333. The molecule has 0 unspecified atom stereocenters. The third kappa shape index (κ3) is 3.95. The van der Waals surface area contributed by atoms with Crippen LogP contribution in [0.4, 0.5) is 5.69 Å². The predicted octanol–water partition coefficient (Wildman–Crippen LogP) is 3.10. The highest BCUT2D eigenvalue weighted by atomic mass is 16.5. The van der Waals surface area contributed by atoms with E-state index >= 15 is 0 Å². The number of nitrogens with zero attached hydrogens (tertiary/aromatic N) is 2. The summed E-state index contributed by atoms with van der Waals surface area (Å²) in [5.41, 5.74) is 3.40. The van der Waals surface area contributed by atoms with Crippen LogP contribution < -0.4 is 14.8 Å². The maximum Gasteiger partial charge on any atom is 0.262 e. The third-order valence-electron chi connectivity index (χ3n) is 3.68. The van der Waals surface area contributed by atoms with Crippen molar-refractivity contribution in [3.05, 3.63) is 41.2 Å². The molecule has 0 aliphatic heterocycles. The van der Waals surface area contributed by atoms with Crippen molar-refractivity contribution in [1.82, 2.24) is 9.78 Å². The number of carbonyl (C=O) groups excluding carboxylic acids is 1. The standard InChI is InChI=1S/C18H23N3O3/c1-6-7-14-8-9-15(16(10-14)23-5)24-11-17(22)19-18-12(2)20-21(4)13(18)3/h6-10H,11H2,1-5H3,(H,19,22). The molecule has 0 spiro atoms. The molecule has 1 heterocycles. The number of anilines is 1. The fourth-order valence-corrected chi connectivity index (χ4v) is 2.37. The number of hydrogen-bond acceptors (Lipinski definition) is 4. The molecular formula is C18H23N3O3. The van der Waals surface area contributed by atoms with Crippen molar-refractivity contribution in [2.24, 2.45) is 7.05 Å². The summed E-state index contributed by atoms with van der Waals surface area (Å²) < 4.78 is 12.6. The minimum absolute atomic E-state index is 0.104. The number of benzene rings is 1. The topological polar surface area (TPSA) is 65.4 Å². The van der Waals surface area contributed by atoms with Crippen LogP contribution in [0.2, 0.25) is 0 Å². The average molecular weight is 329 g/mol. The lowest BCUT2D eigenvalue weighted by Crippen LogP contribution is -2.21. The highest BCUT2D eigenvalue weighted by Crippen LogP contribution is 2.28. The average Bonchev–Trinajstić information content (AvgIpc) is 2.80. The van der Waals surface area contributed by atoms with Crippen LogP contribution in [-0.4, -0.2) is 29.4 Å². The van der Waals surface area contributed by atoms with Crippen molar-refractivity contribution < 1.29 is 14.3 Å². The van der Waals surface area contributed by atoms with Crippen LogP contribution in [0.15, 0.2) is 24.3 Å². The summed E-state index contributed by atoms with van der Waals surface area (Å²) in [6.45, 7) is 5.60. The number of hydrogen-bond donors (Lipinski definition) is 1. The first-order valence-corrected chi connectivity index (χ1v) is 7.69. The monoisotopic (exact) mass is 329 g/mol. The van der Waals surface area contributed by atoms with Gasteiger partial charge < -0.3 is 14.8 Å². The summed E-state index contributed by atoms with van der Waals surface area (Å²) in [5.74, 6) is 0.876. The molecule has 1 aromatic carbocycles. The van der Waals surface area contributed by atoms with Crippen LogP contribution in [-0.2, 0) is 11.8 Å². The molecule has 1 N–H and O–H groups in total. The number of methoxy groups -OCH3 is 1. The molecule has 0 aliphatic rings. The lowest BCUT2D eigenvalue weighted by atomic mass is 10.2. The molecule has 1 amide bonds. The highest BCUT2D eigenvalue weighted by molar-refractivity contribution is 5.93. The van der Waals surface area contributed by atoms with Gasteiger partial charge >= 0.3 is 0 Å². The molecule has 0 radical (unpaired) electrons. The van der Waals surface area contributed by atoms with Crippen molar-refractivity contribution in [1.29, 1.82) is 0 Å². The van der Waals surface area contributed by atoms with Crippen LogP contribution in [0.1, 0.15) is 23.9 Å². The second-order valence-corrected chi connectivity index (χ2v) is 5.42. The molecular weight excluding hydrogens is 306 g/mol. The minimum atomic E-state index is -0.242.